The van der Waals surface area contributed by atoms with E-state index in [1.54, 1.807) is 11.8 Å². The zero-order chi connectivity index (χ0) is 17.4. The Balaban J connectivity index is 1.53. The van der Waals surface area contributed by atoms with Crippen LogP contribution in [0.5, 0.6) is 5.75 Å². The summed E-state index contributed by atoms with van der Waals surface area (Å²) in [6, 6.07) is 9.29. The maximum Gasteiger partial charge on any atom is 0.278 e. The highest BCUT2D eigenvalue weighted by Gasteiger charge is 2.28. The van der Waals surface area contributed by atoms with Crippen molar-refractivity contribution in [3.63, 3.8) is 0 Å². The Morgan fingerprint density at radius 2 is 2.16 bits per heavy atom. The van der Waals surface area contributed by atoms with Gasteiger partial charge in [-0.1, -0.05) is 12.1 Å². The number of carbonyl (C=O) groups excluding carboxylic acids is 1. The van der Waals surface area contributed by atoms with Crippen LogP contribution in [0.3, 0.4) is 0 Å². The number of hydrogen-bond donors (Lipinski definition) is 2. The number of anilines is 1. The van der Waals surface area contributed by atoms with Gasteiger partial charge in [-0.3, -0.25) is 19.9 Å². The van der Waals surface area contributed by atoms with Crippen molar-refractivity contribution in [3.8, 4) is 17.1 Å². The van der Waals surface area contributed by atoms with Crippen molar-refractivity contribution in [1.82, 2.24) is 25.0 Å². The van der Waals surface area contributed by atoms with Gasteiger partial charge in [-0.05, 0) is 31.0 Å². The standard InChI is InChI=1S/C17H18N6O2/c1-23-13(10-7-8-10)9-12(22-23)16(24)19-17-18-15(20-21-17)11-5-3-4-6-14(11)25-2/h3-6,9-10H,7-8H2,1-2H3,(H2,18,19,20,21,24). The molecular weight excluding hydrogens is 320 g/mol. The second kappa shape index (κ2) is 6.04. The maximum absolute atomic E-state index is 12.4. The third-order valence-electron chi connectivity index (χ3n) is 4.22. The number of amides is 1. The number of aromatic amines is 1. The molecule has 0 saturated heterocycles. The first-order valence-electron chi connectivity index (χ1n) is 8.07. The minimum Gasteiger partial charge on any atom is -0.496 e. The molecule has 0 bridgehead atoms. The van der Waals surface area contributed by atoms with Gasteiger partial charge in [0.2, 0.25) is 5.95 Å². The highest BCUT2D eigenvalue weighted by molar-refractivity contribution is 6.02. The molecular formula is C17H18N6O2. The van der Waals surface area contributed by atoms with Crippen molar-refractivity contribution in [3.05, 3.63) is 41.7 Å². The zero-order valence-corrected chi connectivity index (χ0v) is 14.0. The van der Waals surface area contributed by atoms with Crippen LogP contribution in [0.2, 0.25) is 0 Å². The highest BCUT2D eigenvalue weighted by Crippen LogP contribution is 2.40. The molecule has 2 N–H and O–H groups in total. The molecule has 1 aliphatic carbocycles. The molecule has 2 heterocycles. The number of aryl methyl sites for hydroxylation is 1. The molecule has 1 saturated carbocycles. The number of rotatable bonds is 5. The van der Waals surface area contributed by atoms with Gasteiger partial charge in [0.1, 0.15) is 5.75 Å². The molecule has 1 amide bonds. The van der Waals surface area contributed by atoms with E-state index in [1.165, 1.54) is 0 Å². The van der Waals surface area contributed by atoms with Gasteiger partial charge in [-0.25, -0.2) is 0 Å². The fourth-order valence-corrected chi connectivity index (χ4v) is 2.80. The first-order valence-corrected chi connectivity index (χ1v) is 8.07. The number of H-pyrrole nitrogens is 1. The number of methoxy groups -OCH3 is 1. The minimum absolute atomic E-state index is 0.199. The molecule has 0 atom stereocenters. The number of hydrogen-bond acceptors (Lipinski definition) is 5. The van der Waals surface area contributed by atoms with Gasteiger partial charge in [0.15, 0.2) is 11.5 Å². The molecule has 0 unspecified atom stereocenters. The Kier molecular flexibility index (Phi) is 3.72. The number of ether oxygens (including phenoxy) is 1. The maximum atomic E-state index is 12.4. The van der Waals surface area contributed by atoms with E-state index in [4.69, 9.17) is 4.74 Å². The van der Waals surface area contributed by atoms with Crippen LogP contribution in [0.25, 0.3) is 11.4 Å². The van der Waals surface area contributed by atoms with Gasteiger partial charge in [0.05, 0.1) is 12.7 Å². The normalized spacial score (nSPS) is 13.7. The number of aromatic nitrogens is 5. The smallest absolute Gasteiger partial charge is 0.278 e. The lowest BCUT2D eigenvalue weighted by molar-refractivity contribution is 0.102. The quantitative estimate of drug-likeness (QED) is 0.744. The van der Waals surface area contributed by atoms with E-state index in [9.17, 15) is 4.79 Å². The summed E-state index contributed by atoms with van der Waals surface area (Å²) in [7, 11) is 3.45. The fourth-order valence-electron chi connectivity index (χ4n) is 2.80. The van der Waals surface area contributed by atoms with Gasteiger partial charge in [0.25, 0.3) is 5.91 Å². The van der Waals surface area contributed by atoms with Gasteiger partial charge in [0, 0.05) is 18.7 Å². The average Bonchev–Trinajstić information content (AvgIpc) is 3.23. The molecule has 128 valence electrons. The summed E-state index contributed by atoms with van der Waals surface area (Å²) in [6.07, 6.45) is 2.31. The van der Waals surface area contributed by atoms with Crippen LogP contribution in [0.4, 0.5) is 5.95 Å². The molecule has 3 aromatic rings. The second-order valence-electron chi connectivity index (χ2n) is 6.01. The topological polar surface area (TPSA) is 97.7 Å². The molecule has 2 aromatic heterocycles. The number of nitrogens with one attached hydrogen (secondary N) is 2. The van der Waals surface area contributed by atoms with Crippen molar-refractivity contribution in [2.45, 2.75) is 18.8 Å². The highest BCUT2D eigenvalue weighted by atomic mass is 16.5. The van der Waals surface area contributed by atoms with Crippen LogP contribution in [0, 0.1) is 0 Å². The largest absolute Gasteiger partial charge is 0.496 e. The first-order chi connectivity index (χ1) is 12.2. The van der Waals surface area contributed by atoms with Crippen LogP contribution in [0.1, 0.15) is 34.9 Å². The second-order valence-corrected chi connectivity index (χ2v) is 6.01. The summed E-state index contributed by atoms with van der Waals surface area (Å²) in [4.78, 5) is 16.7. The summed E-state index contributed by atoms with van der Waals surface area (Å²) in [6.45, 7) is 0. The van der Waals surface area contributed by atoms with E-state index in [2.05, 4.69) is 25.6 Å². The Morgan fingerprint density at radius 1 is 1.36 bits per heavy atom. The van der Waals surface area contributed by atoms with Crippen LogP contribution < -0.4 is 10.1 Å². The van der Waals surface area contributed by atoms with E-state index in [0.717, 1.165) is 24.1 Å². The summed E-state index contributed by atoms with van der Waals surface area (Å²) in [5.41, 5.74) is 2.23. The van der Waals surface area contributed by atoms with E-state index in [1.807, 2.05) is 37.4 Å². The van der Waals surface area contributed by atoms with Crippen molar-refractivity contribution < 1.29 is 9.53 Å². The lowest BCUT2D eigenvalue weighted by Crippen LogP contribution is -2.14. The van der Waals surface area contributed by atoms with Gasteiger partial charge in [-0.2, -0.15) is 10.1 Å². The third kappa shape index (κ3) is 2.98. The Morgan fingerprint density at radius 3 is 2.92 bits per heavy atom. The van der Waals surface area contributed by atoms with E-state index in [-0.39, 0.29) is 11.9 Å². The Hall–Kier alpha value is -3.16. The Labute approximate surface area is 144 Å². The average molecular weight is 338 g/mol. The number of para-hydroxylation sites is 1. The lowest BCUT2D eigenvalue weighted by atomic mass is 10.2. The van der Waals surface area contributed by atoms with Gasteiger partial charge in [-0.15, -0.1) is 5.10 Å². The summed E-state index contributed by atoms with van der Waals surface area (Å²) in [5.74, 6) is 1.60. The van der Waals surface area contributed by atoms with Crippen molar-refractivity contribution in [2.75, 3.05) is 12.4 Å². The summed E-state index contributed by atoms with van der Waals surface area (Å²) < 4.78 is 7.08. The van der Waals surface area contributed by atoms with Crippen LogP contribution >= 0.6 is 0 Å². The Bertz CT molecular complexity index is 925. The van der Waals surface area contributed by atoms with Crippen LogP contribution in [-0.2, 0) is 7.05 Å². The zero-order valence-electron chi connectivity index (χ0n) is 14.0. The molecule has 25 heavy (non-hydrogen) atoms. The minimum atomic E-state index is -0.326. The van der Waals surface area contributed by atoms with Gasteiger partial charge >= 0.3 is 0 Å². The molecule has 0 radical (unpaired) electrons. The third-order valence-corrected chi connectivity index (χ3v) is 4.22. The molecule has 1 aromatic carbocycles. The molecule has 8 nitrogen and oxygen atoms in total. The van der Waals surface area contributed by atoms with Crippen molar-refractivity contribution in [1.29, 1.82) is 0 Å². The fraction of sp³-hybridized carbons (Fsp3) is 0.294. The molecule has 4 rings (SSSR count). The summed E-state index contributed by atoms with van der Waals surface area (Å²) >= 11 is 0. The lowest BCUT2D eigenvalue weighted by Gasteiger charge is -2.04. The molecule has 1 aliphatic rings. The van der Waals surface area contributed by atoms with Gasteiger partial charge < -0.3 is 4.74 Å². The molecule has 1 fully saturated rings. The predicted octanol–water partition coefficient (Wildman–Crippen LogP) is 2.34. The van der Waals surface area contributed by atoms with E-state index >= 15 is 0 Å². The SMILES string of the molecule is COc1ccccc1-c1nc(NC(=O)c2cc(C3CC3)n(C)n2)n[nH]1. The van der Waals surface area contributed by atoms with E-state index < -0.39 is 0 Å². The summed E-state index contributed by atoms with van der Waals surface area (Å²) in [5, 5.41) is 13.8. The van der Waals surface area contributed by atoms with E-state index in [0.29, 0.717) is 23.2 Å². The number of carbonyl (C=O) groups is 1. The first kappa shape index (κ1) is 15.4. The van der Waals surface area contributed by atoms with Crippen molar-refractivity contribution in [2.24, 2.45) is 7.05 Å². The molecule has 0 spiro atoms. The predicted molar refractivity (Wildman–Crippen MR) is 91.5 cm³/mol. The number of benzene rings is 1. The molecule has 0 aliphatic heterocycles. The molecule has 8 heteroatoms. The van der Waals surface area contributed by atoms with Crippen LogP contribution in [-0.4, -0.2) is 38.0 Å². The monoisotopic (exact) mass is 338 g/mol. The van der Waals surface area contributed by atoms with Crippen molar-refractivity contribution >= 4 is 11.9 Å². The van der Waals surface area contributed by atoms with Crippen LogP contribution in [0.15, 0.2) is 30.3 Å². The number of nitrogens with zero attached hydrogens (tertiary/aromatic N) is 4.